The first-order valence-electron chi connectivity index (χ1n) is 52.8. The molecule has 0 saturated carbocycles. The van der Waals surface area contributed by atoms with Gasteiger partial charge in [0.05, 0.1) is 67.1 Å². The van der Waals surface area contributed by atoms with Crippen LogP contribution in [0.3, 0.4) is 0 Å². The van der Waals surface area contributed by atoms with Crippen LogP contribution < -0.4 is 16.8 Å². The van der Waals surface area contributed by atoms with E-state index in [1.165, 1.54) is 110 Å². The van der Waals surface area contributed by atoms with Gasteiger partial charge in [0.15, 0.2) is 5.78 Å². The highest BCUT2D eigenvalue weighted by Gasteiger charge is 2.47. The number of nitrogens with two attached hydrogens (primary N) is 2. The van der Waals surface area contributed by atoms with Crippen molar-refractivity contribution in [3.63, 3.8) is 0 Å². The minimum Gasteiger partial charge on any atom is -0.461 e. The topological polar surface area (TPSA) is 433 Å². The lowest BCUT2D eigenvalue weighted by atomic mass is 9.93. The van der Waals surface area contributed by atoms with Gasteiger partial charge in [-0.1, -0.05) is 27.7 Å². The number of rotatable bonds is 29. The van der Waals surface area contributed by atoms with Crippen molar-refractivity contribution < 1.29 is 132 Å². The largest absolute Gasteiger partial charge is 0.461 e. The second kappa shape index (κ2) is 45.0. The summed E-state index contributed by atoms with van der Waals surface area (Å²) in [7, 11) is 0. The van der Waals surface area contributed by atoms with E-state index in [-0.39, 0.29) is 163 Å². The number of ketones is 1. The van der Waals surface area contributed by atoms with Crippen LogP contribution in [0.25, 0.3) is 66.4 Å². The molecule has 9 N–H and O–H groups in total. The summed E-state index contributed by atoms with van der Waals surface area (Å²) in [6, 6.07) is 1.11. The van der Waals surface area contributed by atoms with Crippen LogP contribution in [0.15, 0.2) is 72.8 Å². The maximum Gasteiger partial charge on any atom is 0.410 e. The normalized spacial score (nSPS) is 21.7. The number of Topliss-reactive ketones (excluding diaryl/α,β-unsaturated/α-hetero) is 1. The number of halogens is 4. The molecule has 8 aromatic rings. The quantitative estimate of drug-likeness (QED) is 0.0130. The Balaban J connectivity index is 0.000000313. The number of hydrogen-bond donors (Lipinski definition) is 7. The fraction of sp³-hybridized carbons (Fsp3) is 0.554. The van der Waals surface area contributed by atoms with Gasteiger partial charge in [-0.05, 0) is 222 Å². The van der Waals surface area contributed by atoms with Gasteiger partial charge in [0.2, 0.25) is 29.5 Å². The average Bonchev–Trinajstić information content (AvgIpc) is 1.55. The van der Waals surface area contributed by atoms with Gasteiger partial charge in [-0.2, -0.15) is 0 Å². The highest BCUT2D eigenvalue weighted by Crippen LogP contribution is 2.44. The number of aromatic amines is 4. The number of likely N-dealkylation sites (tertiary alicyclic amines) is 4. The average molecular weight is 1940 g/mol. The van der Waals surface area contributed by atoms with Crippen LogP contribution in [-0.2, 0) is 111 Å². The molecule has 4 fully saturated rings. The lowest BCUT2D eigenvalue weighted by Crippen LogP contribution is -2.55. The number of carbonyl (C=O) groups excluding carboxylic acids is 13. The highest BCUT2D eigenvalue weighted by molar-refractivity contribution is 6.00. The molecule has 138 heavy (non-hydrogen) atoms. The first kappa shape index (κ1) is 88.3. The number of esters is 5. The molecule has 0 bridgehead atoms. The smallest absolute Gasteiger partial charge is 0.410 e. The zero-order chi connectivity index (χ0) is 114. The third kappa shape index (κ3) is 26.9. The number of hydrogen-bond acceptors (Lipinski definition) is 22. The predicted molar refractivity (Wildman–Crippen MR) is 509 cm³/mol. The van der Waals surface area contributed by atoms with E-state index < -0.39 is 256 Å². The molecule has 4 saturated heterocycles. The van der Waals surface area contributed by atoms with Crippen LogP contribution in [0.1, 0.15) is 238 Å². The predicted octanol–water partition coefficient (Wildman–Crippen LogP) is 13.7. The summed E-state index contributed by atoms with van der Waals surface area (Å²) in [4.78, 5) is 189. The number of nitrogens with zero attached hydrogens (tertiary/aromatic N) is 6. The highest BCUT2D eigenvalue weighted by atomic mass is 19.1. The molecule has 14 atom stereocenters. The Labute approximate surface area is 820 Å². The van der Waals surface area contributed by atoms with E-state index in [4.69, 9.17) is 52.8 Å². The number of H-pyrrole nitrogens is 4. The van der Waals surface area contributed by atoms with E-state index in [0.717, 1.165) is 79.1 Å². The van der Waals surface area contributed by atoms with E-state index >= 15 is 18.4 Å². The molecule has 0 radical (unpaired) electrons. The summed E-state index contributed by atoms with van der Waals surface area (Å²) < 4.78 is 227. The number of aromatic nitrogens is 4. The summed E-state index contributed by atoms with van der Waals surface area (Å²) in [6.45, 7) is 21.7. The van der Waals surface area contributed by atoms with Crippen LogP contribution in [0.5, 0.6) is 0 Å². The Morgan fingerprint density at radius 1 is 0.420 bits per heavy atom. The summed E-state index contributed by atoms with van der Waals surface area (Å²) in [5.74, 6) is -12.2. The van der Waals surface area contributed by atoms with Crippen molar-refractivity contribution in [2.75, 3.05) is 40.1 Å². The van der Waals surface area contributed by atoms with Gasteiger partial charge >= 0.3 is 42.0 Å². The molecule has 4 aromatic carbocycles. The van der Waals surface area contributed by atoms with E-state index in [2.05, 4.69) is 25.3 Å². The van der Waals surface area contributed by atoms with Crippen LogP contribution in [0.4, 0.5) is 27.2 Å². The van der Waals surface area contributed by atoms with Crippen molar-refractivity contribution in [1.82, 2.24) is 54.7 Å². The van der Waals surface area contributed by atoms with Gasteiger partial charge in [0.25, 0.3) is 0 Å². The summed E-state index contributed by atoms with van der Waals surface area (Å²) in [6.07, 6.45) is -19.0. The Hall–Kier alpha value is -12.4. The van der Waals surface area contributed by atoms with E-state index in [0.29, 0.717) is 4.90 Å². The van der Waals surface area contributed by atoms with Crippen LogP contribution in [0, 0.1) is 29.2 Å². The van der Waals surface area contributed by atoms with Crippen molar-refractivity contribution in [1.29, 1.82) is 0 Å². The van der Waals surface area contributed by atoms with E-state index in [1.54, 1.807) is 20.8 Å². The van der Waals surface area contributed by atoms with Gasteiger partial charge in [0, 0.05) is 174 Å². The fourth-order valence-electron chi connectivity index (χ4n) is 17.0. The van der Waals surface area contributed by atoms with Crippen molar-refractivity contribution in [2.45, 2.75) is 317 Å². The van der Waals surface area contributed by atoms with E-state index in [1.807, 2.05) is 20.8 Å². The maximum atomic E-state index is 15.4. The summed E-state index contributed by atoms with van der Waals surface area (Å²) in [5, 5.41) is 2.88. The Morgan fingerprint density at radius 2 is 0.703 bits per heavy atom. The Bertz CT molecular complexity index is 6150. The molecule has 33 nitrogen and oxygen atoms in total. The number of benzene rings is 4. The summed E-state index contributed by atoms with van der Waals surface area (Å²) in [5.41, 5.74) is 8.38. The molecular weight excluding hydrogens is 1790 g/mol. The first-order chi connectivity index (χ1) is 70.0. The second-order valence-corrected chi connectivity index (χ2v) is 37.8. The van der Waals surface area contributed by atoms with Crippen molar-refractivity contribution in [3.05, 3.63) is 118 Å². The molecular formula is C101H135F4N13O20. The zero-order valence-electron chi connectivity index (χ0n) is 95.2. The number of likely N-dealkylation sites (N-methyl/N-ethyl adjacent to an activating group) is 2. The fourth-order valence-corrected chi connectivity index (χ4v) is 17.0. The number of amides is 7. The second-order valence-electron chi connectivity index (χ2n) is 37.8. The van der Waals surface area contributed by atoms with Gasteiger partial charge in [-0.3, -0.25) is 57.6 Å². The molecule has 0 spiro atoms. The lowest BCUT2D eigenvalue weighted by molar-refractivity contribution is -0.152. The van der Waals surface area contributed by atoms with Gasteiger partial charge in [-0.25, -0.2) is 27.2 Å². The minimum absolute atomic E-state index is 0.00361. The number of fused-ring (bicyclic) bond motifs is 4. The summed E-state index contributed by atoms with van der Waals surface area (Å²) >= 11 is 0. The molecule has 7 amide bonds. The molecule has 37 heteroatoms. The van der Waals surface area contributed by atoms with Crippen molar-refractivity contribution in [3.8, 4) is 22.8 Å². The Morgan fingerprint density at radius 3 is 0.949 bits per heavy atom. The van der Waals surface area contributed by atoms with Gasteiger partial charge in [-0.15, -0.1) is 0 Å². The monoisotopic (exact) mass is 1940 g/mol. The number of ether oxygens (including phenoxy) is 7. The number of nitrogens with one attached hydrogen (secondary N) is 5. The van der Waals surface area contributed by atoms with Crippen LogP contribution in [-0.4, -0.2) is 262 Å². The zero-order valence-corrected chi connectivity index (χ0v) is 81.2. The van der Waals surface area contributed by atoms with E-state index in [9.17, 15) is 72.5 Å². The molecule has 4 aromatic heterocycles. The molecule has 8 heterocycles. The SMILES string of the molecule is CC(=O)OC(C)(C)C.[2H]C([2H])(c1c(-c2[nH]c3cc(F)ccc3c2C([2H])([2H])[C@@H]2C[C@H](OC(C)=O)CN2C(=O)[C@@H](N)CC)[nH]c2cc(F)ccc12)[C@@H]1C[C@H](OC(C)=O)CN1C(=O)[C@@H](N)CC.[2H]C([2H])(c1c(-c2[nH]c3cc(F)ccc3c2C([2H])([2H])[C@@H]2C[C@H](OC(C)=O)CN2C(=O)[C@H](CC)NC(=O)[C@H](C)N(C(=O)OC(C)(C)C)C([2H])([2H])[2H])[nH]c2cc(F)ccc12)[C@@H]1C[C@H](OC(C)=O)CN1C(=O)[C@H](CC)CC(=O)[C@H](C)N(C(=O)OC(C)(C)C)C([2H])([2H])[2H]. The third-order valence-electron chi connectivity index (χ3n) is 23.4. The van der Waals surface area contributed by atoms with Crippen molar-refractivity contribution >= 4 is 121 Å². The van der Waals surface area contributed by atoms with Crippen LogP contribution in [0.2, 0.25) is 0 Å². The van der Waals surface area contributed by atoms with Crippen molar-refractivity contribution in [2.24, 2.45) is 17.4 Å². The molecule has 0 aliphatic carbocycles. The molecule has 4 aliphatic rings. The van der Waals surface area contributed by atoms with Crippen LogP contribution >= 0.6 is 0 Å². The molecule has 4 aliphatic heterocycles. The standard InChI is InChI=1S/C57H77F2N7O12.C38H46F2N6O6.C6H12O2/c1-15-34(21-48(69)30(3)63(13)54(73)77-56(7,8)9)52(71)65-28-39(75-32(5)67)24-37(65)26-43-41-19-17-35(58)22-46(41)60-49(43)50-44(42-20-18-36(59)23-47(42)61-50)27-38-25-40(76-33(6)68)29-66(38)53(72)45(16-2)62-51(70)31(4)64(14)55(74)78-57(10,11)12;1-5-31(41)37(49)45-17-25(51-19(3)47)13-23(45)15-29-27-9-7-21(39)11-33(27)43-35(29)36-30(28-10-8-22(40)12-34(28)44-36)16-24-14-26(52-20(4)48)18-46(24)38(50)32(42)6-2;1-5(7)8-6(2,3)4/h17-20,22-23,30-31,34,37-40,45,60-61H,15-16,21,24-29H2,1-14H3,(H,62,70);7-12,23-26,31-32,43-44H,5-6,13-18,41-42H2,1-4H3;1-4H3/t30-,31-,34+,37-,38-,39-,40-,45-;23-,24-,25-,26-,31-,32-;/m00./s1/i13D3,14D3,26D2,27D2;15D2,16D2;. The van der Waals surface area contributed by atoms with Gasteiger partial charge in [0.1, 0.15) is 76.6 Å². The minimum atomic E-state index is -3.21. The number of carbonyl (C=O) groups is 13. The molecule has 0 unspecified atom stereocenters. The lowest BCUT2D eigenvalue weighted by Gasteiger charge is -2.31. The van der Waals surface area contributed by atoms with Gasteiger partial charge < -0.3 is 94.4 Å². The molecule has 12 rings (SSSR count). The Kier molecular flexibility index (Phi) is 28.8. The first-order valence-corrected chi connectivity index (χ1v) is 45.8. The molecule has 752 valence electrons. The maximum absolute atomic E-state index is 15.4. The third-order valence-corrected chi connectivity index (χ3v) is 23.4.